The number of hydrogen-bond donors (Lipinski definition) is 1. The van der Waals surface area contributed by atoms with Gasteiger partial charge in [-0.25, -0.2) is 0 Å². The van der Waals surface area contributed by atoms with Crippen LogP contribution >= 0.6 is 15.9 Å². The van der Waals surface area contributed by atoms with Crippen molar-refractivity contribution in [1.29, 1.82) is 0 Å². The first-order chi connectivity index (χ1) is 8.29. The summed E-state index contributed by atoms with van der Waals surface area (Å²) >= 11 is 3.46. The molecule has 1 atom stereocenters. The van der Waals surface area contributed by atoms with Crippen LogP contribution in [0.3, 0.4) is 0 Å². The van der Waals surface area contributed by atoms with E-state index in [0.29, 0.717) is 6.04 Å². The van der Waals surface area contributed by atoms with Gasteiger partial charge in [-0.15, -0.1) is 0 Å². The van der Waals surface area contributed by atoms with Crippen LogP contribution in [-0.4, -0.2) is 29.2 Å². The fraction of sp³-hybridized carbons (Fsp3) is 0.571. The van der Waals surface area contributed by atoms with E-state index in [1.54, 1.807) is 0 Å². The number of halogens is 1. The molecule has 94 valence electrons. The molecule has 2 rings (SSSR count). The van der Waals surface area contributed by atoms with Crippen molar-refractivity contribution in [3.8, 4) is 0 Å². The van der Waals surface area contributed by atoms with E-state index < -0.39 is 0 Å². The molecule has 3 heteroatoms. The molecule has 17 heavy (non-hydrogen) atoms. The summed E-state index contributed by atoms with van der Waals surface area (Å²) in [5.41, 5.74) is 1.33. The first-order valence-electron chi connectivity index (χ1n) is 6.39. The molecule has 0 aromatic heterocycles. The molecule has 0 amide bonds. The highest BCUT2D eigenvalue weighted by molar-refractivity contribution is 9.10. The summed E-state index contributed by atoms with van der Waals surface area (Å²) in [5, 5.41) is 9.46. The van der Waals surface area contributed by atoms with Crippen LogP contribution in [0.4, 0.5) is 0 Å². The van der Waals surface area contributed by atoms with Crippen molar-refractivity contribution in [3.63, 3.8) is 0 Å². The molecule has 1 aliphatic rings. The number of hydrogen-bond acceptors (Lipinski definition) is 2. The van der Waals surface area contributed by atoms with E-state index in [9.17, 15) is 5.11 Å². The number of nitrogens with zero attached hydrogens (tertiary/aromatic N) is 1. The largest absolute Gasteiger partial charge is 0.395 e. The fourth-order valence-electron chi connectivity index (χ4n) is 2.48. The molecule has 0 aliphatic carbocycles. The van der Waals surface area contributed by atoms with Gasteiger partial charge < -0.3 is 5.11 Å². The monoisotopic (exact) mass is 297 g/mol. The Morgan fingerprint density at radius 1 is 1.18 bits per heavy atom. The van der Waals surface area contributed by atoms with Crippen molar-refractivity contribution in [2.75, 3.05) is 13.2 Å². The van der Waals surface area contributed by atoms with Gasteiger partial charge >= 0.3 is 0 Å². The normalized spacial score (nSPS) is 22.4. The predicted molar refractivity (Wildman–Crippen MR) is 73.9 cm³/mol. The number of likely N-dealkylation sites (tertiary alicyclic amines) is 1. The van der Waals surface area contributed by atoms with Crippen molar-refractivity contribution in [3.05, 3.63) is 34.3 Å². The van der Waals surface area contributed by atoms with Crippen LogP contribution in [0.15, 0.2) is 28.7 Å². The maximum Gasteiger partial charge on any atom is 0.0586 e. The van der Waals surface area contributed by atoms with Gasteiger partial charge in [0.05, 0.1) is 6.61 Å². The zero-order chi connectivity index (χ0) is 12.1. The minimum atomic E-state index is 0.288. The average molecular weight is 298 g/mol. The van der Waals surface area contributed by atoms with E-state index >= 15 is 0 Å². The number of rotatable bonds is 3. The van der Waals surface area contributed by atoms with E-state index in [2.05, 4.69) is 45.1 Å². The molecule has 1 aromatic rings. The summed E-state index contributed by atoms with van der Waals surface area (Å²) in [4.78, 5) is 2.43. The Balaban J connectivity index is 2.01. The van der Waals surface area contributed by atoms with Gasteiger partial charge in [-0.3, -0.25) is 4.90 Å². The smallest absolute Gasteiger partial charge is 0.0586 e. The third kappa shape index (κ3) is 3.80. The van der Waals surface area contributed by atoms with Crippen LogP contribution in [0.5, 0.6) is 0 Å². The molecule has 0 radical (unpaired) electrons. The highest BCUT2D eigenvalue weighted by Gasteiger charge is 2.19. The van der Waals surface area contributed by atoms with Crippen molar-refractivity contribution in [2.45, 2.75) is 38.3 Å². The van der Waals surface area contributed by atoms with Crippen LogP contribution in [0, 0.1) is 0 Å². The van der Waals surface area contributed by atoms with Crippen LogP contribution in [0.25, 0.3) is 0 Å². The number of aliphatic hydroxyl groups excluding tert-OH is 1. The van der Waals surface area contributed by atoms with Gasteiger partial charge in [-0.1, -0.05) is 40.9 Å². The van der Waals surface area contributed by atoms with Gasteiger partial charge in [0.1, 0.15) is 0 Å². The summed E-state index contributed by atoms with van der Waals surface area (Å²) in [6, 6.07) is 8.83. The molecule has 1 N–H and O–H groups in total. The molecular formula is C14H20BrNO. The Bertz CT molecular complexity index is 339. The lowest BCUT2D eigenvalue weighted by Crippen LogP contribution is -2.36. The van der Waals surface area contributed by atoms with E-state index in [1.807, 2.05) is 0 Å². The molecule has 0 bridgehead atoms. The molecule has 0 spiro atoms. The minimum absolute atomic E-state index is 0.288. The summed E-state index contributed by atoms with van der Waals surface area (Å²) in [5.74, 6) is 0. The third-order valence-corrected chi connectivity index (χ3v) is 4.04. The van der Waals surface area contributed by atoms with Gasteiger partial charge in [0.15, 0.2) is 0 Å². The maximum absolute atomic E-state index is 9.46. The lowest BCUT2D eigenvalue weighted by molar-refractivity contribution is 0.118. The minimum Gasteiger partial charge on any atom is -0.395 e. The van der Waals surface area contributed by atoms with Crippen molar-refractivity contribution < 1.29 is 5.11 Å². The van der Waals surface area contributed by atoms with E-state index in [0.717, 1.165) is 24.0 Å². The Morgan fingerprint density at radius 3 is 2.65 bits per heavy atom. The highest BCUT2D eigenvalue weighted by Crippen LogP contribution is 2.20. The van der Waals surface area contributed by atoms with E-state index in [1.165, 1.54) is 24.8 Å². The first kappa shape index (κ1) is 13.1. The molecule has 1 saturated heterocycles. The zero-order valence-electron chi connectivity index (χ0n) is 10.1. The van der Waals surface area contributed by atoms with E-state index in [4.69, 9.17) is 0 Å². The second-order valence-corrected chi connectivity index (χ2v) is 5.70. The molecule has 1 aromatic carbocycles. The van der Waals surface area contributed by atoms with Gasteiger partial charge in [-0.05, 0) is 37.1 Å². The predicted octanol–water partition coefficient (Wildman–Crippen LogP) is 3.19. The Labute approximate surface area is 112 Å². The molecule has 1 unspecified atom stereocenters. The third-order valence-electron chi connectivity index (χ3n) is 3.51. The van der Waals surface area contributed by atoms with Crippen LogP contribution < -0.4 is 0 Å². The summed E-state index contributed by atoms with van der Waals surface area (Å²) in [6.07, 6.45) is 4.94. The zero-order valence-corrected chi connectivity index (χ0v) is 11.7. The maximum atomic E-state index is 9.46. The lowest BCUT2D eigenvalue weighted by Gasteiger charge is -2.28. The standard InChI is InChI=1S/C14H20BrNO/c15-13-7-5-12(6-8-13)10-16-9-3-1-2-4-14(16)11-17/h5-8,14,17H,1-4,9-11H2. The van der Waals surface area contributed by atoms with Gasteiger partial charge in [0, 0.05) is 17.1 Å². The molecule has 1 heterocycles. The van der Waals surface area contributed by atoms with Crippen molar-refractivity contribution in [1.82, 2.24) is 4.90 Å². The average Bonchev–Trinajstić information content (AvgIpc) is 2.57. The van der Waals surface area contributed by atoms with Crippen molar-refractivity contribution >= 4 is 15.9 Å². The Kier molecular flexibility index (Phi) is 5.01. The number of aliphatic hydroxyl groups is 1. The quantitative estimate of drug-likeness (QED) is 0.926. The van der Waals surface area contributed by atoms with Gasteiger partial charge in [0.2, 0.25) is 0 Å². The van der Waals surface area contributed by atoms with Gasteiger partial charge in [-0.2, -0.15) is 0 Å². The molecule has 1 aliphatic heterocycles. The summed E-state index contributed by atoms with van der Waals surface area (Å²) in [7, 11) is 0. The molecule has 0 saturated carbocycles. The molecular weight excluding hydrogens is 278 g/mol. The topological polar surface area (TPSA) is 23.5 Å². The first-order valence-corrected chi connectivity index (χ1v) is 7.18. The van der Waals surface area contributed by atoms with Gasteiger partial charge in [0.25, 0.3) is 0 Å². The van der Waals surface area contributed by atoms with Crippen LogP contribution in [0.2, 0.25) is 0 Å². The van der Waals surface area contributed by atoms with Crippen molar-refractivity contribution in [2.24, 2.45) is 0 Å². The molecule has 1 fully saturated rings. The molecule has 2 nitrogen and oxygen atoms in total. The second-order valence-electron chi connectivity index (χ2n) is 4.78. The second kappa shape index (κ2) is 6.53. The fourth-order valence-corrected chi connectivity index (χ4v) is 2.74. The summed E-state index contributed by atoms with van der Waals surface area (Å²) < 4.78 is 1.12. The van der Waals surface area contributed by atoms with E-state index in [-0.39, 0.29) is 6.61 Å². The van der Waals surface area contributed by atoms with Crippen LogP contribution in [0.1, 0.15) is 31.2 Å². The Morgan fingerprint density at radius 2 is 1.94 bits per heavy atom. The lowest BCUT2D eigenvalue weighted by atomic mass is 10.1. The number of benzene rings is 1. The summed E-state index contributed by atoms with van der Waals surface area (Å²) in [6.45, 7) is 2.36. The SMILES string of the molecule is OCC1CCCCCN1Cc1ccc(Br)cc1. The highest BCUT2D eigenvalue weighted by atomic mass is 79.9. The Hall–Kier alpha value is -0.380. The van der Waals surface area contributed by atoms with Crippen LogP contribution in [-0.2, 0) is 6.54 Å².